The third-order valence-electron chi connectivity index (χ3n) is 6.04. The molecule has 0 unspecified atom stereocenters. The highest BCUT2D eigenvalue weighted by Gasteiger charge is 2.35. The lowest BCUT2D eigenvalue weighted by Crippen LogP contribution is -2.41. The van der Waals surface area contributed by atoms with Crippen LogP contribution in [-0.4, -0.2) is 41.9 Å². The Bertz CT molecular complexity index is 975. The van der Waals surface area contributed by atoms with Crippen LogP contribution < -0.4 is 4.74 Å². The molecule has 5 heteroatoms. The molecule has 0 atom stereocenters. The average molecular weight is 451 g/mol. The van der Waals surface area contributed by atoms with E-state index >= 15 is 0 Å². The normalized spacial score (nSPS) is 12.3. The van der Waals surface area contributed by atoms with Gasteiger partial charge in [0.05, 0.1) is 5.92 Å². The van der Waals surface area contributed by atoms with E-state index in [2.05, 4.69) is 30.9 Å². The molecule has 0 N–H and O–H groups in total. The maximum absolute atomic E-state index is 14.1. The molecule has 1 amide bonds. The summed E-state index contributed by atoms with van der Waals surface area (Å²) >= 11 is 0. The first-order valence-corrected chi connectivity index (χ1v) is 11.1. The van der Waals surface area contributed by atoms with Crippen LogP contribution in [0, 0.1) is 0 Å². The number of ether oxygens (including phenoxy) is 1. The lowest BCUT2D eigenvalue weighted by molar-refractivity contribution is -0.132. The van der Waals surface area contributed by atoms with E-state index in [0.717, 1.165) is 47.8 Å². The van der Waals surface area contributed by atoms with Gasteiger partial charge in [-0.25, -0.2) is 0 Å². The highest BCUT2D eigenvalue weighted by molar-refractivity contribution is 5.89. The fourth-order valence-corrected chi connectivity index (χ4v) is 4.23. The van der Waals surface area contributed by atoms with Crippen LogP contribution in [0.4, 0.5) is 0 Å². The smallest absolute Gasteiger partial charge is 0.235 e. The van der Waals surface area contributed by atoms with Crippen LogP contribution in [0.15, 0.2) is 78.9 Å². The van der Waals surface area contributed by atoms with Crippen molar-refractivity contribution < 1.29 is 9.53 Å². The van der Waals surface area contributed by atoms with Crippen LogP contribution in [-0.2, 0) is 11.3 Å². The van der Waals surface area contributed by atoms with Crippen molar-refractivity contribution in [2.45, 2.75) is 26.3 Å². The van der Waals surface area contributed by atoms with Gasteiger partial charge in [-0.3, -0.25) is 4.79 Å². The van der Waals surface area contributed by atoms with Crippen molar-refractivity contribution in [1.29, 1.82) is 0 Å². The molecule has 1 heterocycles. The number of amides is 1. The molecule has 1 aliphatic rings. The van der Waals surface area contributed by atoms with Crippen LogP contribution in [0.25, 0.3) is 0 Å². The Morgan fingerprint density at radius 1 is 0.781 bits per heavy atom. The molecule has 0 spiro atoms. The number of carbonyl (C=O) groups excluding carboxylic acids is 1. The number of benzene rings is 3. The van der Waals surface area contributed by atoms with E-state index < -0.39 is 0 Å². The van der Waals surface area contributed by atoms with Crippen molar-refractivity contribution >= 4 is 18.3 Å². The summed E-state index contributed by atoms with van der Waals surface area (Å²) in [6.07, 6.45) is 0. The number of fused-ring (bicyclic) bond motifs is 2. The molecule has 0 radical (unpaired) electrons. The summed E-state index contributed by atoms with van der Waals surface area (Å²) in [5.74, 6) is 1.30. The summed E-state index contributed by atoms with van der Waals surface area (Å²) in [7, 11) is 0. The predicted molar refractivity (Wildman–Crippen MR) is 132 cm³/mol. The fourth-order valence-electron chi connectivity index (χ4n) is 4.23. The molecule has 0 fully saturated rings. The van der Waals surface area contributed by atoms with Gasteiger partial charge in [0.15, 0.2) is 0 Å². The van der Waals surface area contributed by atoms with Gasteiger partial charge in [0.2, 0.25) is 5.91 Å². The second kappa shape index (κ2) is 11.2. The fraction of sp³-hybridized carbons (Fsp3) is 0.296. The molecule has 1 aliphatic heterocycles. The number of para-hydroxylation sites is 2. The molecule has 0 saturated carbocycles. The standard InChI is InChI=1S/C27H30N2O2.ClH/c1-3-28(4-2)18-19-29(20-21-12-6-5-7-13-21)27(30)26-22-14-8-10-16-24(22)31-25-17-11-9-15-23(25)26;/h5-17,26H,3-4,18-20H2,1-2H3;1H. The van der Waals surface area contributed by atoms with Crippen molar-refractivity contribution in [2.75, 3.05) is 26.2 Å². The summed E-state index contributed by atoms with van der Waals surface area (Å²) < 4.78 is 6.11. The molecule has 0 aliphatic carbocycles. The Morgan fingerprint density at radius 2 is 1.31 bits per heavy atom. The van der Waals surface area contributed by atoms with Crippen molar-refractivity contribution in [1.82, 2.24) is 9.80 Å². The quantitative estimate of drug-likeness (QED) is 0.440. The SMILES string of the molecule is CCN(CC)CCN(Cc1ccccc1)C(=O)C1c2ccccc2Oc2ccccc21.Cl. The van der Waals surface area contributed by atoms with Gasteiger partial charge in [-0.2, -0.15) is 0 Å². The number of rotatable bonds is 8. The van der Waals surface area contributed by atoms with Crippen molar-refractivity contribution in [3.8, 4) is 11.5 Å². The molecule has 0 bridgehead atoms. The van der Waals surface area contributed by atoms with Crippen LogP contribution in [0.5, 0.6) is 11.5 Å². The minimum atomic E-state index is -0.360. The second-order valence-electron chi connectivity index (χ2n) is 7.88. The van der Waals surface area contributed by atoms with Gasteiger partial charge in [0, 0.05) is 30.8 Å². The summed E-state index contributed by atoms with van der Waals surface area (Å²) in [6, 6.07) is 26.0. The van der Waals surface area contributed by atoms with Crippen LogP contribution in [0.3, 0.4) is 0 Å². The zero-order valence-electron chi connectivity index (χ0n) is 18.7. The first-order valence-electron chi connectivity index (χ1n) is 11.1. The van der Waals surface area contributed by atoms with Gasteiger partial charge in [0.1, 0.15) is 11.5 Å². The van der Waals surface area contributed by atoms with E-state index in [0.29, 0.717) is 13.1 Å². The first kappa shape index (κ1) is 23.8. The summed E-state index contributed by atoms with van der Waals surface area (Å²) in [5, 5.41) is 0. The van der Waals surface area contributed by atoms with E-state index in [1.165, 1.54) is 0 Å². The molecule has 4 nitrogen and oxygen atoms in total. The Balaban J connectivity index is 0.00000289. The number of hydrogen-bond acceptors (Lipinski definition) is 3. The van der Waals surface area contributed by atoms with Gasteiger partial charge in [0.25, 0.3) is 0 Å². The van der Waals surface area contributed by atoms with Crippen LogP contribution in [0.2, 0.25) is 0 Å². The summed E-state index contributed by atoms with van der Waals surface area (Å²) in [5.41, 5.74) is 3.02. The van der Waals surface area contributed by atoms with Crippen LogP contribution in [0.1, 0.15) is 36.5 Å². The van der Waals surface area contributed by atoms with E-state index in [1.54, 1.807) is 0 Å². The molecule has 3 aromatic carbocycles. The minimum Gasteiger partial charge on any atom is -0.457 e. The first-order chi connectivity index (χ1) is 15.2. The largest absolute Gasteiger partial charge is 0.457 e. The van der Waals surface area contributed by atoms with E-state index in [-0.39, 0.29) is 24.2 Å². The lowest BCUT2D eigenvalue weighted by atomic mass is 9.86. The highest BCUT2D eigenvalue weighted by atomic mass is 35.5. The molecule has 4 rings (SSSR count). The average Bonchev–Trinajstić information content (AvgIpc) is 2.82. The number of likely N-dealkylation sites (N-methyl/N-ethyl adjacent to an activating group) is 1. The van der Waals surface area contributed by atoms with Crippen molar-refractivity contribution in [3.05, 3.63) is 95.6 Å². The zero-order chi connectivity index (χ0) is 21.6. The molecule has 168 valence electrons. The van der Waals surface area contributed by atoms with Gasteiger partial charge in [-0.15, -0.1) is 12.4 Å². The third kappa shape index (κ3) is 5.14. The highest BCUT2D eigenvalue weighted by Crippen LogP contribution is 2.44. The van der Waals surface area contributed by atoms with Crippen molar-refractivity contribution in [3.63, 3.8) is 0 Å². The lowest BCUT2D eigenvalue weighted by Gasteiger charge is -2.33. The molecular weight excluding hydrogens is 420 g/mol. The zero-order valence-corrected chi connectivity index (χ0v) is 19.6. The molecule has 0 saturated heterocycles. The van der Waals surface area contributed by atoms with Gasteiger partial charge >= 0.3 is 0 Å². The van der Waals surface area contributed by atoms with E-state index in [9.17, 15) is 4.79 Å². The topological polar surface area (TPSA) is 32.8 Å². The third-order valence-corrected chi connectivity index (χ3v) is 6.04. The van der Waals surface area contributed by atoms with Gasteiger partial charge < -0.3 is 14.5 Å². The molecular formula is C27H31ClN2O2. The van der Waals surface area contributed by atoms with Crippen molar-refractivity contribution in [2.24, 2.45) is 0 Å². The number of nitrogens with zero attached hydrogens (tertiary/aromatic N) is 2. The molecule has 3 aromatic rings. The van der Waals surface area contributed by atoms with Crippen LogP contribution >= 0.6 is 12.4 Å². The Kier molecular flexibility index (Phi) is 8.32. The van der Waals surface area contributed by atoms with E-state index in [1.807, 2.05) is 71.6 Å². The Labute approximate surface area is 197 Å². The van der Waals surface area contributed by atoms with Gasteiger partial charge in [-0.05, 0) is 30.8 Å². The number of carbonyl (C=O) groups is 1. The Morgan fingerprint density at radius 3 is 1.88 bits per heavy atom. The summed E-state index contributed by atoms with van der Waals surface area (Å²) in [4.78, 5) is 18.4. The maximum atomic E-state index is 14.1. The van der Waals surface area contributed by atoms with Gasteiger partial charge in [-0.1, -0.05) is 80.6 Å². The maximum Gasteiger partial charge on any atom is 0.235 e. The molecule has 32 heavy (non-hydrogen) atoms. The van der Waals surface area contributed by atoms with E-state index in [4.69, 9.17) is 4.74 Å². The summed E-state index contributed by atoms with van der Waals surface area (Å²) in [6.45, 7) is 8.44. The second-order valence-corrected chi connectivity index (χ2v) is 7.88. The number of hydrogen-bond donors (Lipinski definition) is 0. The monoisotopic (exact) mass is 450 g/mol. The number of halogens is 1. The Hall–Kier alpha value is -2.82. The minimum absolute atomic E-state index is 0. The molecule has 0 aromatic heterocycles. The predicted octanol–water partition coefficient (Wildman–Crippen LogP) is 5.72.